The van der Waals surface area contributed by atoms with E-state index in [2.05, 4.69) is 12.2 Å². The van der Waals surface area contributed by atoms with Crippen molar-refractivity contribution in [3.05, 3.63) is 71.3 Å². The Kier molecular flexibility index (Phi) is 4.55. The van der Waals surface area contributed by atoms with E-state index in [0.29, 0.717) is 23.2 Å². The van der Waals surface area contributed by atoms with Crippen LogP contribution in [-0.4, -0.2) is 18.4 Å². The van der Waals surface area contributed by atoms with E-state index in [4.69, 9.17) is 0 Å². The summed E-state index contributed by atoms with van der Waals surface area (Å²) < 4.78 is 27.8. The van der Waals surface area contributed by atoms with Crippen LogP contribution in [0.25, 0.3) is 10.8 Å². The fourth-order valence-corrected chi connectivity index (χ4v) is 3.59. The number of anilines is 2. The molecular weight excluding hydrogens is 362 g/mol. The van der Waals surface area contributed by atoms with Crippen LogP contribution in [0.15, 0.2) is 48.5 Å². The zero-order valence-corrected chi connectivity index (χ0v) is 15.3. The maximum atomic E-state index is 13.9. The van der Waals surface area contributed by atoms with Gasteiger partial charge in [-0.05, 0) is 36.8 Å². The number of halogens is 2. The highest BCUT2D eigenvalue weighted by Crippen LogP contribution is 2.40. The molecule has 0 saturated carbocycles. The predicted molar refractivity (Wildman–Crippen MR) is 105 cm³/mol. The van der Waals surface area contributed by atoms with Gasteiger partial charge in [0.2, 0.25) is 0 Å². The molecule has 0 aliphatic carbocycles. The SMILES string of the molecule is CCCCN1C(=O)c2cccc3c(NC(=O)c4c(F)cccc4F)ccc1c23. The fourth-order valence-electron chi connectivity index (χ4n) is 3.59. The number of hydrogen-bond donors (Lipinski definition) is 1. The molecule has 142 valence electrons. The van der Waals surface area contributed by atoms with Crippen molar-refractivity contribution in [3.8, 4) is 0 Å². The largest absolute Gasteiger partial charge is 0.321 e. The van der Waals surface area contributed by atoms with E-state index in [9.17, 15) is 18.4 Å². The molecule has 28 heavy (non-hydrogen) atoms. The van der Waals surface area contributed by atoms with E-state index in [1.807, 2.05) is 0 Å². The molecule has 6 heteroatoms. The number of rotatable bonds is 5. The molecule has 4 nitrogen and oxygen atoms in total. The van der Waals surface area contributed by atoms with Gasteiger partial charge in [-0.15, -0.1) is 0 Å². The summed E-state index contributed by atoms with van der Waals surface area (Å²) in [4.78, 5) is 27.0. The van der Waals surface area contributed by atoms with Crippen molar-refractivity contribution in [3.63, 3.8) is 0 Å². The number of carbonyl (C=O) groups is 2. The van der Waals surface area contributed by atoms with Crippen LogP contribution in [0.1, 0.15) is 40.5 Å². The van der Waals surface area contributed by atoms with Gasteiger partial charge in [-0.2, -0.15) is 0 Å². The summed E-state index contributed by atoms with van der Waals surface area (Å²) >= 11 is 0. The number of amides is 2. The highest BCUT2D eigenvalue weighted by Gasteiger charge is 2.30. The van der Waals surface area contributed by atoms with Crippen molar-refractivity contribution in [2.45, 2.75) is 19.8 Å². The molecule has 0 bridgehead atoms. The Bertz CT molecular complexity index is 1090. The Hall–Kier alpha value is -3.28. The first-order valence-corrected chi connectivity index (χ1v) is 9.16. The van der Waals surface area contributed by atoms with Gasteiger partial charge in [-0.25, -0.2) is 8.78 Å². The van der Waals surface area contributed by atoms with Gasteiger partial charge in [-0.1, -0.05) is 31.5 Å². The van der Waals surface area contributed by atoms with Crippen LogP contribution < -0.4 is 10.2 Å². The zero-order chi connectivity index (χ0) is 19.8. The number of hydrogen-bond acceptors (Lipinski definition) is 2. The van der Waals surface area contributed by atoms with E-state index >= 15 is 0 Å². The highest BCUT2D eigenvalue weighted by molar-refractivity contribution is 6.27. The third kappa shape index (κ3) is 2.81. The second kappa shape index (κ2) is 7.03. The lowest BCUT2D eigenvalue weighted by molar-refractivity contribution is 0.0990. The summed E-state index contributed by atoms with van der Waals surface area (Å²) in [6, 6.07) is 12.0. The molecule has 1 N–H and O–H groups in total. The summed E-state index contributed by atoms with van der Waals surface area (Å²) in [6.07, 6.45) is 1.85. The third-order valence-electron chi connectivity index (χ3n) is 4.96. The first-order chi connectivity index (χ1) is 13.5. The third-order valence-corrected chi connectivity index (χ3v) is 4.96. The second-order valence-electron chi connectivity index (χ2n) is 6.72. The number of nitrogens with zero attached hydrogens (tertiary/aromatic N) is 1. The van der Waals surface area contributed by atoms with E-state index in [-0.39, 0.29) is 5.91 Å². The van der Waals surface area contributed by atoms with Crippen LogP contribution in [0, 0.1) is 11.6 Å². The quantitative estimate of drug-likeness (QED) is 0.667. The Morgan fingerprint density at radius 2 is 1.75 bits per heavy atom. The van der Waals surface area contributed by atoms with Crippen molar-refractivity contribution in [2.24, 2.45) is 0 Å². The van der Waals surface area contributed by atoms with Crippen molar-refractivity contribution < 1.29 is 18.4 Å². The van der Waals surface area contributed by atoms with Gasteiger partial charge in [0.05, 0.1) is 5.69 Å². The van der Waals surface area contributed by atoms with Gasteiger partial charge >= 0.3 is 0 Å². The summed E-state index contributed by atoms with van der Waals surface area (Å²) in [6.45, 7) is 2.68. The Morgan fingerprint density at radius 1 is 1.04 bits per heavy atom. The number of unbranched alkanes of at least 4 members (excludes halogenated alkanes) is 1. The lowest BCUT2D eigenvalue weighted by Gasteiger charge is -2.17. The van der Waals surface area contributed by atoms with Crippen molar-refractivity contribution in [2.75, 3.05) is 16.8 Å². The Balaban J connectivity index is 1.76. The molecule has 2 amide bonds. The molecule has 0 atom stereocenters. The molecule has 1 aliphatic heterocycles. The van der Waals surface area contributed by atoms with Gasteiger partial charge in [0.25, 0.3) is 11.8 Å². The normalized spacial score (nSPS) is 12.7. The molecule has 1 aliphatic rings. The average Bonchev–Trinajstić information content (AvgIpc) is 2.95. The number of nitrogens with one attached hydrogen (secondary N) is 1. The van der Waals surface area contributed by atoms with Crippen LogP contribution >= 0.6 is 0 Å². The van der Waals surface area contributed by atoms with Gasteiger partial charge in [0.1, 0.15) is 17.2 Å². The molecule has 3 aromatic rings. The topological polar surface area (TPSA) is 49.4 Å². The summed E-state index contributed by atoms with van der Waals surface area (Å²) in [5.74, 6) is -2.80. The molecule has 4 rings (SSSR count). The average molecular weight is 380 g/mol. The highest BCUT2D eigenvalue weighted by atomic mass is 19.1. The lowest BCUT2D eigenvalue weighted by atomic mass is 10.0. The zero-order valence-electron chi connectivity index (χ0n) is 15.3. The van der Waals surface area contributed by atoms with Gasteiger partial charge in [0, 0.05) is 28.6 Å². The van der Waals surface area contributed by atoms with Crippen LogP contribution in [0.5, 0.6) is 0 Å². The minimum absolute atomic E-state index is 0.0716. The molecule has 0 radical (unpaired) electrons. The predicted octanol–water partition coefficient (Wildman–Crippen LogP) is 5.13. The number of benzene rings is 3. The second-order valence-corrected chi connectivity index (χ2v) is 6.72. The van der Waals surface area contributed by atoms with Gasteiger partial charge in [0.15, 0.2) is 0 Å². The molecule has 0 unspecified atom stereocenters. The Morgan fingerprint density at radius 3 is 2.46 bits per heavy atom. The monoisotopic (exact) mass is 380 g/mol. The fraction of sp³-hybridized carbons (Fsp3) is 0.182. The van der Waals surface area contributed by atoms with Crippen molar-refractivity contribution >= 4 is 34.0 Å². The summed E-state index contributed by atoms with van der Waals surface area (Å²) in [5, 5.41) is 3.99. The molecule has 0 saturated heterocycles. The lowest BCUT2D eigenvalue weighted by Crippen LogP contribution is -2.27. The van der Waals surface area contributed by atoms with Gasteiger partial charge < -0.3 is 10.2 Å². The standard InChI is InChI=1S/C22H18F2N2O2/c1-2-3-12-26-18-11-10-17(13-6-4-7-14(19(13)18)22(26)28)25-21(27)20-15(23)8-5-9-16(20)24/h4-11H,2-3,12H2,1H3,(H,25,27). The maximum absolute atomic E-state index is 13.9. The maximum Gasteiger partial charge on any atom is 0.261 e. The van der Waals surface area contributed by atoms with Gasteiger partial charge in [-0.3, -0.25) is 9.59 Å². The molecule has 3 aromatic carbocycles. The Labute approximate surface area is 160 Å². The number of carbonyl (C=O) groups excluding carboxylic acids is 2. The first kappa shape index (κ1) is 18.1. The minimum Gasteiger partial charge on any atom is -0.321 e. The molecule has 0 spiro atoms. The minimum atomic E-state index is -0.927. The summed E-state index contributed by atoms with van der Waals surface area (Å²) in [5.41, 5.74) is 1.13. The van der Waals surface area contributed by atoms with Crippen molar-refractivity contribution in [1.29, 1.82) is 0 Å². The van der Waals surface area contributed by atoms with E-state index in [1.165, 1.54) is 6.07 Å². The first-order valence-electron chi connectivity index (χ1n) is 9.16. The molecule has 0 aromatic heterocycles. The summed E-state index contributed by atoms with van der Waals surface area (Å²) in [7, 11) is 0. The van der Waals surface area contributed by atoms with Crippen LogP contribution in [0.4, 0.5) is 20.2 Å². The van der Waals surface area contributed by atoms with Crippen molar-refractivity contribution in [1.82, 2.24) is 0 Å². The molecule has 1 heterocycles. The van der Waals surface area contributed by atoms with Crippen LogP contribution in [0.3, 0.4) is 0 Å². The van der Waals surface area contributed by atoms with E-state index in [1.54, 1.807) is 35.2 Å². The molecular formula is C22H18F2N2O2. The molecule has 0 fully saturated rings. The van der Waals surface area contributed by atoms with E-state index < -0.39 is 23.1 Å². The van der Waals surface area contributed by atoms with E-state index in [0.717, 1.165) is 36.0 Å². The van der Waals surface area contributed by atoms with Crippen LogP contribution in [0.2, 0.25) is 0 Å². The smallest absolute Gasteiger partial charge is 0.261 e. The van der Waals surface area contributed by atoms with Crippen LogP contribution in [-0.2, 0) is 0 Å².